The third kappa shape index (κ3) is 4.07. The molecular weight excluding hydrogens is 244 g/mol. The van der Waals surface area contributed by atoms with Gasteiger partial charge in [-0.1, -0.05) is 24.3 Å². The van der Waals surface area contributed by atoms with Crippen LogP contribution < -0.4 is 5.32 Å². The maximum absolute atomic E-state index is 3.61. The molecule has 20 heavy (non-hydrogen) atoms. The number of hydrogen-bond donors (Lipinski definition) is 1. The first-order valence-corrected chi connectivity index (χ1v) is 7.85. The molecule has 1 aliphatic heterocycles. The molecule has 0 unspecified atom stereocenters. The van der Waals surface area contributed by atoms with Gasteiger partial charge in [0.05, 0.1) is 0 Å². The molecule has 1 aromatic carbocycles. The molecule has 0 saturated carbocycles. The first kappa shape index (κ1) is 15.5. The van der Waals surface area contributed by atoms with Gasteiger partial charge in [-0.3, -0.25) is 4.90 Å². The molecule has 0 bridgehead atoms. The Bertz CT molecular complexity index is 443. The largest absolute Gasteiger partial charge is 0.308 e. The van der Waals surface area contributed by atoms with Crippen molar-refractivity contribution >= 4 is 0 Å². The Morgan fingerprint density at radius 2 is 1.80 bits per heavy atom. The van der Waals surface area contributed by atoms with Crippen molar-refractivity contribution in [1.29, 1.82) is 0 Å². The summed E-state index contributed by atoms with van der Waals surface area (Å²) in [4.78, 5) is 2.63. The number of hydrogen-bond acceptors (Lipinski definition) is 2. The zero-order chi connectivity index (χ0) is 14.8. The van der Waals surface area contributed by atoms with Gasteiger partial charge in [-0.25, -0.2) is 0 Å². The fourth-order valence-electron chi connectivity index (χ4n) is 2.91. The summed E-state index contributed by atoms with van der Waals surface area (Å²) in [7, 11) is 0. The van der Waals surface area contributed by atoms with Crippen LogP contribution in [0.25, 0.3) is 0 Å². The van der Waals surface area contributed by atoms with Gasteiger partial charge in [-0.15, -0.1) is 0 Å². The van der Waals surface area contributed by atoms with Crippen molar-refractivity contribution in [1.82, 2.24) is 10.2 Å². The van der Waals surface area contributed by atoms with E-state index in [9.17, 15) is 0 Å². The smallest absolute Gasteiger partial charge is 0.0242 e. The van der Waals surface area contributed by atoms with Crippen molar-refractivity contribution in [3.8, 4) is 0 Å². The average molecular weight is 274 g/mol. The van der Waals surface area contributed by atoms with E-state index in [0.29, 0.717) is 5.54 Å². The van der Waals surface area contributed by atoms with Crippen molar-refractivity contribution in [3.63, 3.8) is 0 Å². The molecule has 0 radical (unpaired) electrons. The van der Waals surface area contributed by atoms with Gasteiger partial charge >= 0.3 is 0 Å². The van der Waals surface area contributed by atoms with E-state index in [-0.39, 0.29) is 5.54 Å². The Morgan fingerprint density at radius 1 is 1.15 bits per heavy atom. The van der Waals surface area contributed by atoms with Gasteiger partial charge in [-0.2, -0.15) is 0 Å². The van der Waals surface area contributed by atoms with Crippen LogP contribution in [0, 0.1) is 0 Å². The van der Waals surface area contributed by atoms with Crippen LogP contribution in [0.2, 0.25) is 0 Å². The molecule has 1 aromatic rings. The molecule has 0 amide bonds. The summed E-state index contributed by atoms with van der Waals surface area (Å²) in [5.74, 6) is 0. The first-order chi connectivity index (χ1) is 9.28. The minimum atomic E-state index is 0.167. The summed E-state index contributed by atoms with van der Waals surface area (Å²) in [6.45, 7) is 14.7. The van der Waals surface area contributed by atoms with E-state index in [0.717, 1.165) is 13.1 Å². The average Bonchev–Trinajstić information content (AvgIpc) is 2.67. The summed E-state index contributed by atoms with van der Waals surface area (Å²) in [6.07, 6.45) is 2.64. The number of likely N-dealkylation sites (tertiary alicyclic amines) is 1. The second kappa shape index (κ2) is 5.87. The van der Waals surface area contributed by atoms with Crippen LogP contribution in [0.3, 0.4) is 0 Å². The minimum Gasteiger partial charge on any atom is -0.308 e. The van der Waals surface area contributed by atoms with Crippen LogP contribution in [0.1, 0.15) is 58.6 Å². The Kier molecular flexibility index (Phi) is 4.55. The highest BCUT2D eigenvalue weighted by molar-refractivity contribution is 5.27. The van der Waals surface area contributed by atoms with Gasteiger partial charge in [0.1, 0.15) is 0 Å². The summed E-state index contributed by atoms with van der Waals surface area (Å²) in [5, 5.41) is 3.61. The Labute approximate surface area is 124 Å². The van der Waals surface area contributed by atoms with Gasteiger partial charge < -0.3 is 5.32 Å². The molecule has 0 atom stereocenters. The van der Waals surface area contributed by atoms with Crippen molar-refractivity contribution in [2.24, 2.45) is 0 Å². The molecule has 0 aliphatic carbocycles. The monoisotopic (exact) mass is 274 g/mol. The SMILES string of the molecule is CC(C)(C)NCc1ccccc1CN1CCCC1(C)C. The highest BCUT2D eigenvalue weighted by Crippen LogP contribution is 2.30. The van der Waals surface area contributed by atoms with Crippen LogP contribution in [0.15, 0.2) is 24.3 Å². The first-order valence-electron chi connectivity index (χ1n) is 7.85. The maximum atomic E-state index is 3.61. The standard InChI is InChI=1S/C18H30N2/c1-17(2,3)19-13-15-9-6-7-10-16(15)14-20-12-8-11-18(20,4)5/h6-7,9-10,19H,8,11-14H2,1-5H3. The van der Waals surface area contributed by atoms with Gasteiger partial charge in [0.2, 0.25) is 0 Å². The molecule has 1 fully saturated rings. The van der Waals surface area contributed by atoms with Crippen molar-refractivity contribution in [2.45, 2.75) is 71.6 Å². The van der Waals surface area contributed by atoms with E-state index >= 15 is 0 Å². The van der Waals surface area contributed by atoms with Crippen molar-refractivity contribution in [3.05, 3.63) is 35.4 Å². The highest BCUT2D eigenvalue weighted by Gasteiger charge is 2.31. The second-order valence-corrected chi connectivity index (χ2v) is 7.71. The fourth-order valence-corrected chi connectivity index (χ4v) is 2.91. The van der Waals surface area contributed by atoms with E-state index in [2.05, 4.69) is 69.1 Å². The third-order valence-electron chi connectivity index (χ3n) is 4.36. The molecule has 2 heteroatoms. The number of benzene rings is 1. The molecule has 1 saturated heterocycles. The predicted octanol–water partition coefficient (Wildman–Crippen LogP) is 3.95. The lowest BCUT2D eigenvalue weighted by Gasteiger charge is -2.32. The molecule has 2 nitrogen and oxygen atoms in total. The lowest BCUT2D eigenvalue weighted by molar-refractivity contribution is 0.166. The van der Waals surface area contributed by atoms with E-state index in [1.807, 2.05) is 0 Å². The second-order valence-electron chi connectivity index (χ2n) is 7.71. The van der Waals surface area contributed by atoms with E-state index in [1.165, 1.54) is 30.5 Å². The van der Waals surface area contributed by atoms with Gasteiger partial charge in [0.25, 0.3) is 0 Å². The highest BCUT2D eigenvalue weighted by atomic mass is 15.2. The zero-order valence-electron chi connectivity index (χ0n) is 13.8. The van der Waals surface area contributed by atoms with Crippen LogP contribution in [-0.4, -0.2) is 22.5 Å². The molecule has 2 rings (SSSR count). The van der Waals surface area contributed by atoms with E-state index in [1.54, 1.807) is 0 Å². The van der Waals surface area contributed by atoms with Crippen molar-refractivity contribution in [2.75, 3.05) is 6.54 Å². The molecule has 1 aliphatic rings. The minimum absolute atomic E-state index is 0.167. The van der Waals surface area contributed by atoms with Crippen LogP contribution >= 0.6 is 0 Å². The molecule has 1 heterocycles. The lowest BCUT2D eigenvalue weighted by atomic mass is 10.00. The lowest BCUT2D eigenvalue weighted by Crippen LogP contribution is -2.38. The Balaban J connectivity index is 2.08. The Morgan fingerprint density at radius 3 is 2.35 bits per heavy atom. The number of rotatable bonds is 4. The number of nitrogens with one attached hydrogen (secondary N) is 1. The molecule has 0 spiro atoms. The van der Waals surface area contributed by atoms with Gasteiger partial charge in [0, 0.05) is 24.2 Å². The zero-order valence-corrected chi connectivity index (χ0v) is 13.8. The maximum Gasteiger partial charge on any atom is 0.0242 e. The third-order valence-corrected chi connectivity index (χ3v) is 4.36. The Hall–Kier alpha value is -0.860. The molecular formula is C18H30N2. The summed E-state index contributed by atoms with van der Waals surface area (Å²) < 4.78 is 0. The summed E-state index contributed by atoms with van der Waals surface area (Å²) in [5.41, 5.74) is 3.43. The van der Waals surface area contributed by atoms with Crippen LogP contribution in [0.5, 0.6) is 0 Å². The molecule has 0 aromatic heterocycles. The summed E-state index contributed by atoms with van der Waals surface area (Å²) >= 11 is 0. The van der Waals surface area contributed by atoms with Gasteiger partial charge in [-0.05, 0) is 65.1 Å². The summed E-state index contributed by atoms with van der Waals surface area (Å²) in [6, 6.07) is 8.86. The van der Waals surface area contributed by atoms with Crippen molar-refractivity contribution < 1.29 is 0 Å². The molecule has 112 valence electrons. The predicted molar refractivity (Wildman–Crippen MR) is 86.8 cm³/mol. The number of nitrogens with zero attached hydrogens (tertiary/aromatic N) is 1. The molecule has 1 N–H and O–H groups in total. The topological polar surface area (TPSA) is 15.3 Å². The van der Waals surface area contributed by atoms with E-state index in [4.69, 9.17) is 0 Å². The van der Waals surface area contributed by atoms with Crippen LogP contribution in [-0.2, 0) is 13.1 Å². The quantitative estimate of drug-likeness (QED) is 0.894. The van der Waals surface area contributed by atoms with E-state index < -0.39 is 0 Å². The van der Waals surface area contributed by atoms with Crippen LogP contribution in [0.4, 0.5) is 0 Å². The fraction of sp³-hybridized carbons (Fsp3) is 0.667. The van der Waals surface area contributed by atoms with Gasteiger partial charge in [0.15, 0.2) is 0 Å². The normalized spacial score (nSPS) is 19.4.